The summed E-state index contributed by atoms with van der Waals surface area (Å²) in [5, 5.41) is 0. The lowest BCUT2D eigenvalue weighted by atomic mass is 9.83. The van der Waals surface area contributed by atoms with Gasteiger partial charge in [0.25, 0.3) is 0 Å². The van der Waals surface area contributed by atoms with E-state index in [0.29, 0.717) is 30.2 Å². The van der Waals surface area contributed by atoms with Crippen molar-refractivity contribution in [3.05, 3.63) is 53.4 Å². The van der Waals surface area contributed by atoms with Gasteiger partial charge in [-0.05, 0) is 47.9 Å². The van der Waals surface area contributed by atoms with E-state index in [1.807, 2.05) is 42.5 Å². The summed E-state index contributed by atoms with van der Waals surface area (Å²) in [7, 11) is 3.02. The Hall–Kier alpha value is -3.94. The van der Waals surface area contributed by atoms with Crippen LogP contribution in [0, 0.1) is 5.92 Å². The minimum Gasteiger partial charge on any atom is -0.493 e. The molecular weight excluding hydrogens is 480 g/mol. The lowest BCUT2D eigenvalue weighted by Gasteiger charge is -2.24. The van der Waals surface area contributed by atoms with E-state index in [9.17, 15) is 0 Å². The number of methoxy groups -OCH3 is 2. The maximum absolute atomic E-state index is 6.24. The SMILES string of the molecule is COc1nc(OC)nc(-c2ccc(/C=C/c3nc4cc(C5CCCCC5)c(OCC(C)C)cc4o3)cc2)n1. The second-order valence-electron chi connectivity index (χ2n) is 10.0. The zero-order chi connectivity index (χ0) is 26.5. The van der Waals surface area contributed by atoms with Crippen molar-refractivity contribution in [3.63, 3.8) is 0 Å². The number of oxazole rings is 1. The third kappa shape index (κ3) is 5.96. The molecule has 4 aromatic rings. The molecule has 0 atom stereocenters. The summed E-state index contributed by atoms with van der Waals surface area (Å²) in [6.07, 6.45) is 10.1. The van der Waals surface area contributed by atoms with E-state index in [1.165, 1.54) is 51.9 Å². The van der Waals surface area contributed by atoms with Gasteiger partial charge < -0.3 is 18.6 Å². The van der Waals surface area contributed by atoms with Gasteiger partial charge in [-0.15, -0.1) is 4.98 Å². The predicted octanol–water partition coefficient (Wildman–Crippen LogP) is 6.95. The van der Waals surface area contributed by atoms with Crippen LogP contribution in [0.25, 0.3) is 34.6 Å². The fraction of sp³-hybridized carbons (Fsp3) is 0.400. The second kappa shape index (κ2) is 11.6. The average molecular weight is 515 g/mol. The van der Waals surface area contributed by atoms with Gasteiger partial charge in [-0.2, -0.15) is 9.97 Å². The summed E-state index contributed by atoms with van der Waals surface area (Å²) in [6.45, 7) is 5.02. The molecule has 0 amide bonds. The highest BCUT2D eigenvalue weighted by atomic mass is 16.5. The quantitative estimate of drug-likeness (QED) is 0.237. The van der Waals surface area contributed by atoms with Crippen molar-refractivity contribution in [3.8, 4) is 29.2 Å². The van der Waals surface area contributed by atoms with E-state index in [4.69, 9.17) is 23.6 Å². The van der Waals surface area contributed by atoms with Crippen molar-refractivity contribution in [2.45, 2.75) is 51.9 Å². The number of rotatable bonds is 9. The molecule has 0 saturated heterocycles. The molecule has 8 nitrogen and oxygen atoms in total. The first kappa shape index (κ1) is 25.7. The number of aromatic nitrogens is 4. The molecule has 0 spiro atoms. The van der Waals surface area contributed by atoms with Crippen LogP contribution in [-0.2, 0) is 0 Å². The summed E-state index contributed by atoms with van der Waals surface area (Å²) < 4.78 is 22.6. The van der Waals surface area contributed by atoms with Crippen molar-refractivity contribution in [2.24, 2.45) is 5.92 Å². The second-order valence-corrected chi connectivity index (χ2v) is 10.0. The number of benzene rings is 2. The molecule has 0 radical (unpaired) electrons. The van der Waals surface area contributed by atoms with Crippen molar-refractivity contribution in [1.82, 2.24) is 19.9 Å². The minimum atomic E-state index is 0.205. The van der Waals surface area contributed by atoms with Gasteiger partial charge in [-0.3, -0.25) is 0 Å². The monoisotopic (exact) mass is 514 g/mol. The van der Waals surface area contributed by atoms with Gasteiger partial charge >= 0.3 is 12.0 Å². The molecule has 8 heteroatoms. The Morgan fingerprint density at radius 3 is 2.26 bits per heavy atom. The smallest absolute Gasteiger partial charge is 0.322 e. The molecule has 1 fully saturated rings. The molecule has 1 aliphatic rings. The molecule has 0 N–H and O–H groups in total. The van der Waals surface area contributed by atoms with Gasteiger partial charge in [0.1, 0.15) is 11.3 Å². The van der Waals surface area contributed by atoms with Crippen molar-refractivity contribution in [1.29, 1.82) is 0 Å². The van der Waals surface area contributed by atoms with Crippen LogP contribution < -0.4 is 14.2 Å². The van der Waals surface area contributed by atoms with Gasteiger partial charge in [0.2, 0.25) is 5.89 Å². The maximum atomic E-state index is 6.24. The molecule has 1 saturated carbocycles. The normalized spacial score (nSPS) is 14.4. The maximum Gasteiger partial charge on any atom is 0.322 e. The molecule has 0 unspecified atom stereocenters. The first-order valence-electron chi connectivity index (χ1n) is 13.2. The number of hydrogen-bond donors (Lipinski definition) is 0. The van der Waals surface area contributed by atoms with Gasteiger partial charge in [0.05, 0.1) is 20.8 Å². The fourth-order valence-electron chi connectivity index (χ4n) is 4.74. The molecule has 2 aromatic carbocycles. The standard InChI is InChI=1S/C30H34N4O4/c1-19(2)18-37-25-17-26-24(16-23(25)21-8-6-5-7-9-21)31-27(38-26)15-12-20-10-13-22(14-11-20)28-32-29(35-3)34-30(33-28)36-4/h10-17,19,21H,5-9,18H2,1-4H3/b15-12+. The Morgan fingerprint density at radius 2 is 1.61 bits per heavy atom. The van der Waals surface area contributed by atoms with Crippen LogP contribution in [-0.4, -0.2) is 40.8 Å². The Labute approximate surface area is 223 Å². The van der Waals surface area contributed by atoms with Crippen molar-refractivity contribution >= 4 is 23.3 Å². The average Bonchev–Trinajstić information content (AvgIpc) is 3.36. The molecule has 5 rings (SSSR count). The van der Waals surface area contributed by atoms with Gasteiger partial charge in [-0.25, -0.2) is 4.98 Å². The van der Waals surface area contributed by atoms with Crippen LogP contribution in [0.3, 0.4) is 0 Å². The number of nitrogens with zero attached hydrogens (tertiary/aromatic N) is 4. The Morgan fingerprint density at radius 1 is 0.895 bits per heavy atom. The van der Waals surface area contributed by atoms with E-state index in [-0.39, 0.29) is 12.0 Å². The zero-order valence-corrected chi connectivity index (χ0v) is 22.4. The van der Waals surface area contributed by atoms with Crippen LogP contribution in [0.1, 0.15) is 68.9 Å². The van der Waals surface area contributed by atoms with Crippen LogP contribution in [0.4, 0.5) is 0 Å². The fourth-order valence-corrected chi connectivity index (χ4v) is 4.74. The Balaban J connectivity index is 1.37. The highest BCUT2D eigenvalue weighted by Gasteiger charge is 2.22. The summed E-state index contributed by atoms with van der Waals surface area (Å²) in [6, 6.07) is 12.5. The van der Waals surface area contributed by atoms with Gasteiger partial charge in [0, 0.05) is 17.7 Å². The third-order valence-electron chi connectivity index (χ3n) is 6.70. The third-order valence-corrected chi connectivity index (χ3v) is 6.70. The van der Waals surface area contributed by atoms with E-state index >= 15 is 0 Å². The van der Waals surface area contributed by atoms with Crippen LogP contribution in [0.15, 0.2) is 40.8 Å². The van der Waals surface area contributed by atoms with Crippen LogP contribution in [0.5, 0.6) is 17.8 Å². The topological polar surface area (TPSA) is 92.4 Å². The minimum absolute atomic E-state index is 0.205. The lowest BCUT2D eigenvalue weighted by molar-refractivity contribution is 0.265. The molecule has 0 aliphatic heterocycles. The predicted molar refractivity (Wildman–Crippen MR) is 147 cm³/mol. The molecule has 1 aliphatic carbocycles. The van der Waals surface area contributed by atoms with E-state index in [1.54, 1.807) is 0 Å². The summed E-state index contributed by atoms with van der Waals surface area (Å²) in [5.74, 6) is 2.96. The lowest BCUT2D eigenvalue weighted by Crippen LogP contribution is -2.10. The number of fused-ring (bicyclic) bond motifs is 1. The van der Waals surface area contributed by atoms with E-state index < -0.39 is 0 Å². The van der Waals surface area contributed by atoms with Gasteiger partial charge in [-0.1, -0.05) is 57.4 Å². The molecular formula is C30H34N4O4. The first-order valence-corrected chi connectivity index (χ1v) is 13.2. The number of hydrogen-bond acceptors (Lipinski definition) is 8. The number of ether oxygens (including phenoxy) is 3. The largest absolute Gasteiger partial charge is 0.493 e. The van der Waals surface area contributed by atoms with Crippen molar-refractivity contribution in [2.75, 3.05) is 20.8 Å². The molecule has 0 bridgehead atoms. The molecule has 38 heavy (non-hydrogen) atoms. The summed E-state index contributed by atoms with van der Waals surface area (Å²) >= 11 is 0. The summed E-state index contributed by atoms with van der Waals surface area (Å²) in [4.78, 5) is 17.4. The first-order chi connectivity index (χ1) is 18.5. The zero-order valence-electron chi connectivity index (χ0n) is 22.4. The van der Waals surface area contributed by atoms with Crippen LogP contribution >= 0.6 is 0 Å². The van der Waals surface area contributed by atoms with E-state index in [2.05, 4.69) is 34.9 Å². The highest BCUT2D eigenvalue weighted by Crippen LogP contribution is 2.40. The Kier molecular flexibility index (Phi) is 7.86. The van der Waals surface area contributed by atoms with Crippen LogP contribution in [0.2, 0.25) is 0 Å². The van der Waals surface area contributed by atoms with Gasteiger partial charge in [0.15, 0.2) is 11.4 Å². The highest BCUT2D eigenvalue weighted by molar-refractivity contribution is 5.79. The molecule has 2 aromatic heterocycles. The summed E-state index contributed by atoms with van der Waals surface area (Å²) in [5.41, 5.74) is 4.70. The molecule has 198 valence electrons. The molecule has 2 heterocycles. The Bertz CT molecular complexity index is 1380. The van der Waals surface area contributed by atoms with E-state index in [0.717, 1.165) is 28.0 Å². The van der Waals surface area contributed by atoms with Crippen molar-refractivity contribution < 1.29 is 18.6 Å².